The summed E-state index contributed by atoms with van der Waals surface area (Å²) in [6, 6.07) is 9.08. The molecule has 1 unspecified atom stereocenters. The fourth-order valence-corrected chi connectivity index (χ4v) is 3.06. The first kappa shape index (κ1) is 14.4. The third-order valence-corrected chi connectivity index (χ3v) is 4.47. The molecule has 2 rings (SSSR count). The summed E-state index contributed by atoms with van der Waals surface area (Å²) in [5.41, 5.74) is 1.83. The van der Waals surface area contributed by atoms with Gasteiger partial charge >= 0.3 is 0 Å². The van der Waals surface area contributed by atoms with Crippen LogP contribution < -0.4 is 10.1 Å². The van der Waals surface area contributed by atoms with Crippen molar-refractivity contribution < 1.29 is 4.74 Å². The SMILES string of the molecule is COc1ccc(CCNC2CCCCC2(C)C)cc1. The molecular weight excluding hydrogens is 234 g/mol. The highest BCUT2D eigenvalue weighted by Crippen LogP contribution is 2.35. The van der Waals surface area contributed by atoms with E-state index in [2.05, 4.69) is 31.3 Å². The topological polar surface area (TPSA) is 21.3 Å². The molecule has 0 amide bonds. The van der Waals surface area contributed by atoms with Crippen LogP contribution in [0.15, 0.2) is 24.3 Å². The van der Waals surface area contributed by atoms with Crippen LogP contribution in [0.5, 0.6) is 5.75 Å². The Morgan fingerprint density at radius 2 is 1.95 bits per heavy atom. The minimum Gasteiger partial charge on any atom is -0.497 e. The standard InChI is InChI=1S/C17H27NO/c1-17(2)12-5-4-6-16(17)18-13-11-14-7-9-15(19-3)10-8-14/h7-10,16,18H,4-6,11-13H2,1-3H3. The first-order valence-electron chi connectivity index (χ1n) is 7.48. The van der Waals surface area contributed by atoms with Crippen LogP contribution in [0.1, 0.15) is 45.1 Å². The maximum absolute atomic E-state index is 5.18. The van der Waals surface area contributed by atoms with Crippen LogP contribution in [-0.2, 0) is 6.42 Å². The molecule has 106 valence electrons. The van der Waals surface area contributed by atoms with Gasteiger partial charge in [0, 0.05) is 6.04 Å². The normalized spacial score (nSPS) is 22.2. The molecule has 0 aliphatic heterocycles. The van der Waals surface area contributed by atoms with Crippen molar-refractivity contribution in [3.05, 3.63) is 29.8 Å². The summed E-state index contributed by atoms with van der Waals surface area (Å²) in [4.78, 5) is 0. The molecule has 2 heteroatoms. The first-order chi connectivity index (χ1) is 9.12. The van der Waals surface area contributed by atoms with Crippen LogP contribution in [0.3, 0.4) is 0 Å². The van der Waals surface area contributed by atoms with Gasteiger partial charge in [0.15, 0.2) is 0 Å². The van der Waals surface area contributed by atoms with Gasteiger partial charge in [-0.1, -0.05) is 38.8 Å². The van der Waals surface area contributed by atoms with Gasteiger partial charge in [0.1, 0.15) is 5.75 Å². The second-order valence-corrected chi connectivity index (χ2v) is 6.34. The van der Waals surface area contributed by atoms with Crippen molar-refractivity contribution in [3.63, 3.8) is 0 Å². The van der Waals surface area contributed by atoms with Gasteiger partial charge < -0.3 is 10.1 Å². The average Bonchev–Trinajstić information content (AvgIpc) is 2.41. The first-order valence-corrected chi connectivity index (χ1v) is 7.48. The number of methoxy groups -OCH3 is 1. The summed E-state index contributed by atoms with van der Waals surface area (Å²) < 4.78 is 5.18. The minimum atomic E-state index is 0.457. The lowest BCUT2D eigenvalue weighted by Crippen LogP contribution is -2.44. The zero-order chi connectivity index (χ0) is 13.7. The molecule has 2 nitrogen and oxygen atoms in total. The molecule has 1 aliphatic carbocycles. The van der Waals surface area contributed by atoms with Gasteiger partial charge in [0.05, 0.1) is 7.11 Å². The predicted molar refractivity (Wildman–Crippen MR) is 80.7 cm³/mol. The molecule has 1 atom stereocenters. The molecule has 0 radical (unpaired) electrons. The Balaban J connectivity index is 1.79. The van der Waals surface area contributed by atoms with E-state index in [9.17, 15) is 0 Å². The smallest absolute Gasteiger partial charge is 0.118 e. The quantitative estimate of drug-likeness (QED) is 0.870. The molecular formula is C17H27NO. The molecule has 1 fully saturated rings. The van der Waals surface area contributed by atoms with Crippen LogP contribution >= 0.6 is 0 Å². The lowest BCUT2D eigenvalue weighted by Gasteiger charge is -2.39. The molecule has 1 aromatic rings. The predicted octanol–water partition coefficient (Wildman–Crippen LogP) is 3.80. The largest absolute Gasteiger partial charge is 0.497 e. The van der Waals surface area contributed by atoms with Gasteiger partial charge in [0.2, 0.25) is 0 Å². The van der Waals surface area contributed by atoms with E-state index in [1.807, 2.05) is 12.1 Å². The summed E-state index contributed by atoms with van der Waals surface area (Å²) in [6.45, 7) is 5.87. The number of hydrogen-bond acceptors (Lipinski definition) is 2. The van der Waals surface area contributed by atoms with E-state index in [1.165, 1.54) is 31.2 Å². The minimum absolute atomic E-state index is 0.457. The maximum Gasteiger partial charge on any atom is 0.118 e. The highest BCUT2D eigenvalue weighted by molar-refractivity contribution is 5.27. The maximum atomic E-state index is 5.18. The molecule has 0 aromatic heterocycles. The van der Waals surface area contributed by atoms with Crippen LogP contribution in [0.4, 0.5) is 0 Å². The summed E-state index contributed by atoms with van der Waals surface area (Å²) in [7, 11) is 1.71. The van der Waals surface area contributed by atoms with Gasteiger partial charge in [-0.2, -0.15) is 0 Å². The van der Waals surface area contributed by atoms with Crippen molar-refractivity contribution in [1.29, 1.82) is 0 Å². The van der Waals surface area contributed by atoms with Crippen LogP contribution in [0.2, 0.25) is 0 Å². The van der Waals surface area contributed by atoms with E-state index in [4.69, 9.17) is 4.74 Å². The molecule has 1 saturated carbocycles. The monoisotopic (exact) mass is 261 g/mol. The van der Waals surface area contributed by atoms with Crippen molar-refractivity contribution in [2.24, 2.45) is 5.41 Å². The fraction of sp³-hybridized carbons (Fsp3) is 0.647. The third kappa shape index (κ3) is 3.97. The van der Waals surface area contributed by atoms with Crippen LogP contribution in [0.25, 0.3) is 0 Å². The highest BCUT2D eigenvalue weighted by atomic mass is 16.5. The molecule has 1 N–H and O–H groups in total. The van der Waals surface area contributed by atoms with Gasteiger partial charge in [0.25, 0.3) is 0 Å². The molecule has 0 spiro atoms. The second kappa shape index (κ2) is 6.42. The fourth-order valence-electron chi connectivity index (χ4n) is 3.06. The van der Waals surface area contributed by atoms with E-state index in [1.54, 1.807) is 7.11 Å². The summed E-state index contributed by atoms with van der Waals surface area (Å²) in [6.07, 6.45) is 6.55. The average molecular weight is 261 g/mol. The lowest BCUT2D eigenvalue weighted by atomic mass is 9.73. The number of rotatable bonds is 5. The Morgan fingerprint density at radius 3 is 2.58 bits per heavy atom. The molecule has 0 heterocycles. The zero-order valence-corrected chi connectivity index (χ0v) is 12.5. The van der Waals surface area contributed by atoms with Crippen LogP contribution in [-0.4, -0.2) is 19.7 Å². The van der Waals surface area contributed by atoms with Gasteiger partial charge in [-0.25, -0.2) is 0 Å². The van der Waals surface area contributed by atoms with E-state index < -0.39 is 0 Å². The van der Waals surface area contributed by atoms with Crippen LogP contribution in [0, 0.1) is 5.41 Å². The summed E-state index contributed by atoms with van der Waals surface area (Å²) in [5.74, 6) is 0.935. The number of nitrogens with one attached hydrogen (secondary N) is 1. The zero-order valence-electron chi connectivity index (χ0n) is 12.5. The highest BCUT2D eigenvalue weighted by Gasteiger charge is 2.31. The lowest BCUT2D eigenvalue weighted by molar-refractivity contribution is 0.169. The Labute approximate surface area is 117 Å². The Kier molecular flexibility index (Phi) is 4.87. The van der Waals surface area contributed by atoms with E-state index in [0.29, 0.717) is 11.5 Å². The van der Waals surface area contributed by atoms with Crippen molar-refractivity contribution >= 4 is 0 Å². The van der Waals surface area contributed by atoms with Crippen molar-refractivity contribution in [3.8, 4) is 5.75 Å². The van der Waals surface area contributed by atoms with Crippen molar-refractivity contribution in [2.45, 2.75) is 52.0 Å². The number of benzene rings is 1. The summed E-state index contributed by atoms with van der Waals surface area (Å²) >= 11 is 0. The third-order valence-electron chi connectivity index (χ3n) is 4.47. The Morgan fingerprint density at radius 1 is 1.21 bits per heavy atom. The van der Waals surface area contributed by atoms with Gasteiger partial charge in [-0.15, -0.1) is 0 Å². The second-order valence-electron chi connectivity index (χ2n) is 6.34. The van der Waals surface area contributed by atoms with E-state index >= 15 is 0 Å². The molecule has 1 aromatic carbocycles. The van der Waals surface area contributed by atoms with E-state index in [-0.39, 0.29) is 0 Å². The number of ether oxygens (including phenoxy) is 1. The van der Waals surface area contributed by atoms with Crippen molar-refractivity contribution in [1.82, 2.24) is 5.32 Å². The molecule has 0 saturated heterocycles. The number of hydrogen-bond donors (Lipinski definition) is 1. The van der Waals surface area contributed by atoms with Gasteiger partial charge in [-0.3, -0.25) is 0 Å². The van der Waals surface area contributed by atoms with Gasteiger partial charge in [-0.05, 0) is 48.9 Å². The Bertz CT molecular complexity index is 383. The molecule has 19 heavy (non-hydrogen) atoms. The molecule has 1 aliphatic rings. The molecule has 0 bridgehead atoms. The van der Waals surface area contributed by atoms with Crippen molar-refractivity contribution in [2.75, 3.05) is 13.7 Å². The van der Waals surface area contributed by atoms with E-state index in [0.717, 1.165) is 18.7 Å². The Hall–Kier alpha value is -1.02. The summed E-state index contributed by atoms with van der Waals surface area (Å²) in [5, 5.41) is 3.76.